The van der Waals surface area contributed by atoms with Gasteiger partial charge >= 0.3 is 0 Å². The number of aromatic nitrogens is 2. The van der Waals surface area contributed by atoms with Crippen LogP contribution in [0.4, 0.5) is 0 Å². The molecule has 21 heavy (non-hydrogen) atoms. The van der Waals surface area contributed by atoms with Crippen LogP contribution in [-0.4, -0.2) is 15.1 Å². The Balaban J connectivity index is 1.85. The van der Waals surface area contributed by atoms with E-state index in [1.807, 2.05) is 5.51 Å². The number of thiazole rings is 1. The third-order valence-corrected chi connectivity index (χ3v) is 4.11. The van der Waals surface area contributed by atoms with Crippen molar-refractivity contribution in [3.05, 3.63) is 52.6 Å². The molecule has 0 spiro atoms. The fourth-order valence-corrected chi connectivity index (χ4v) is 2.88. The largest absolute Gasteiger partial charge is 0.341 e. The van der Waals surface area contributed by atoms with Gasteiger partial charge in [0.05, 0.1) is 17.7 Å². The molecule has 1 aromatic carbocycles. The van der Waals surface area contributed by atoms with Crippen molar-refractivity contribution in [3.8, 4) is 0 Å². The first-order valence-corrected chi connectivity index (χ1v) is 8.15. The van der Waals surface area contributed by atoms with Gasteiger partial charge in [0.25, 0.3) is 0 Å². The molecule has 0 radical (unpaired) electrons. The average Bonchev–Trinajstić information content (AvgIpc) is 3.06. The maximum atomic E-state index is 4.37. The average molecular weight is 299 g/mol. The topological polar surface area (TPSA) is 29.9 Å². The lowest BCUT2D eigenvalue weighted by Gasteiger charge is -2.20. The van der Waals surface area contributed by atoms with E-state index in [-0.39, 0.29) is 5.54 Å². The summed E-state index contributed by atoms with van der Waals surface area (Å²) in [4.78, 5) is 4.37. The van der Waals surface area contributed by atoms with Gasteiger partial charge < -0.3 is 9.88 Å². The summed E-state index contributed by atoms with van der Waals surface area (Å²) < 4.78 is 2.27. The van der Waals surface area contributed by atoms with Crippen LogP contribution < -0.4 is 5.32 Å². The molecule has 3 nitrogen and oxygen atoms in total. The number of fused-ring (bicyclic) bond motifs is 1. The van der Waals surface area contributed by atoms with Gasteiger partial charge in [0.2, 0.25) is 0 Å². The second kappa shape index (κ2) is 5.62. The van der Waals surface area contributed by atoms with E-state index >= 15 is 0 Å². The second-order valence-corrected chi connectivity index (χ2v) is 7.14. The van der Waals surface area contributed by atoms with Crippen molar-refractivity contribution in [2.45, 2.75) is 39.4 Å². The van der Waals surface area contributed by atoms with Gasteiger partial charge in [-0.05, 0) is 43.9 Å². The number of rotatable bonds is 4. The first-order chi connectivity index (χ1) is 10.0. The lowest BCUT2D eigenvalue weighted by Crippen LogP contribution is -2.35. The van der Waals surface area contributed by atoms with Gasteiger partial charge in [0, 0.05) is 29.2 Å². The Morgan fingerprint density at radius 1 is 1.24 bits per heavy atom. The van der Waals surface area contributed by atoms with Crippen molar-refractivity contribution in [1.29, 1.82) is 0 Å². The number of benzene rings is 1. The Morgan fingerprint density at radius 2 is 2.10 bits per heavy atom. The quantitative estimate of drug-likeness (QED) is 0.788. The van der Waals surface area contributed by atoms with E-state index in [0.29, 0.717) is 0 Å². The molecular formula is C17H21N3S. The highest BCUT2D eigenvalue weighted by molar-refractivity contribution is 7.07. The maximum absolute atomic E-state index is 4.37. The summed E-state index contributed by atoms with van der Waals surface area (Å²) in [7, 11) is 0. The van der Waals surface area contributed by atoms with Gasteiger partial charge in [0.15, 0.2) is 0 Å². The van der Waals surface area contributed by atoms with E-state index in [1.165, 1.54) is 16.5 Å². The van der Waals surface area contributed by atoms with E-state index in [9.17, 15) is 0 Å². The van der Waals surface area contributed by atoms with Gasteiger partial charge in [0.1, 0.15) is 0 Å². The number of hydrogen-bond donors (Lipinski definition) is 1. The summed E-state index contributed by atoms with van der Waals surface area (Å²) in [5.41, 5.74) is 5.74. The highest BCUT2D eigenvalue weighted by Gasteiger charge is 2.09. The zero-order chi connectivity index (χ0) is 14.9. The van der Waals surface area contributed by atoms with Crippen molar-refractivity contribution in [2.24, 2.45) is 0 Å². The predicted octanol–water partition coefficient (Wildman–Crippen LogP) is 4.03. The molecule has 1 N–H and O–H groups in total. The zero-order valence-corrected chi connectivity index (χ0v) is 13.6. The predicted molar refractivity (Wildman–Crippen MR) is 89.7 cm³/mol. The van der Waals surface area contributed by atoms with Crippen LogP contribution in [-0.2, 0) is 13.1 Å². The fourth-order valence-electron chi connectivity index (χ4n) is 2.33. The van der Waals surface area contributed by atoms with E-state index in [1.54, 1.807) is 11.3 Å². The summed E-state index contributed by atoms with van der Waals surface area (Å²) in [5, 5.41) is 6.93. The first-order valence-electron chi connectivity index (χ1n) is 7.21. The van der Waals surface area contributed by atoms with Crippen LogP contribution in [0.25, 0.3) is 10.9 Å². The molecule has 2 heterocycles. The second-order valence-electron chi connectivity index (χ2n) is 6.42. The van der Waals surface area contributed by atoms with Crippen LogP contribution in [0, 0.1) is 0 Å². The van der Waals surface area contributed by atoms with E-state index in [2.05, 4.69) is 71.5 Å². The van der Waals surface area contributed by atoms with Crippen LogP contribution in [0.15, 0.2) is 41.4 Å². The standard InChI is InChI=1S/C17H21N3S/c1-17(2,3)19-9-13-4-5-14-6-7-20(16(14)8-13)10-15-11-21-12-18-15/h4-8,11-12,19H,9-10H2,1-3H3. The summed E-state index contributed by atoms with van der Waals surface area (Å²) >= 11 is 1.65. The fraction of sp³-hybridized carbons (Fsp3) is 0.353. The minimum atomic E-state index is 0.136. The summed E-state index contributed by atoms with van der Waals surface area (Å²) in [5.74, 6) is 0. The third-order valence-electron chi connectivity index (χ3n) is 3.48. The SMILES string of the molecule is CC(C)(C)NCc1ccc2ccn(Cc3cscn3)c2c1. The van der Waals surface area contributed by atoms with Gasteiger partial charge in [-0.1, -0.05) is 12.1 Å². The van der Waals surface area contributed by atoms with Crippen molar-refractivity contribution < 1.29 is 0 Å². The monoisotopic (exact) mass is 299 g/mol. The lowest BCUT2D eigenvalue weighted by molar-refractivity contribution is 0.424. The molecule has 0 unspecified atom stereocenters. The molecule has 110 valence electrons. The normalized spacial score (nSPS) is 12.1. The molecule has 0 bridgehead atoms. The molecule has 0 fully saturated rings. The Hall–Kier alpha value is -1.65. The molecule has 0 aliphatic carbocycles. The van der Waals surface area contributed by atoms with Crippen LogP contribution >= 0.6 is 11.3 Å². The Bertz CT molecular complexity index is 720. The van der Waals surface area contributed by atoms with Crippen molar-refractivity contribution in [3.63, 3.8) is 0 Å². The molecule has 0 saturated heterocycles. The summed E-state index contributed by atoms with van der Waals surface area (Å²) in [6, 6.07) is 8.85. The highest BCUT2D eigenvalue weighted by Crippen LogP contribution is 2.19. The molecule has 0 aliphatic rings. The van der Waals surface area contributed by atoms with Crippen LogP contribution in [0.3, 0.4) is 0 Å². The molecule has 3 rings (SSSR count). The van der Waals surface area contributed by atoms with Crippen LogP contribution in [0.5, 0.6) is 0 Å². The van der Waals surface area contributed by atoms with Crippen molar-refractivity contribution in [2.75, 3.05) is 0 Å². The molecule has 3 aromatic rings. The van der Waals surface area contributed by atoms with E-state index in [4.69, 9.17) is 0 Å². The highest BCUT2D eigenvalue weighted by atomic mass is 32.1. The molecule has 0 saturated carbocycles. The lowest BCUT2D eigenvalue weighted by atomic mass is 10.1. The molecular weight excluding hydrogens is 278 g/mol. The minimum absolute atomic E-state index is 0.136. The Morgan fingerprint density at radius 3 is 2.81 bits per heavy atom. The summed E-state index contributed by atoms with van der Waals surface area (Å²) in [6.45, 7) is 8.30. The van der Waals surface area contributed by atoms with Crippen LogP contribution in [0.1, 0.15) is 32.0 Å². The number of hydrogen-bond acceptors (Lipinski definition) is 3. The van der Waals surface area contributed by atoms with Gasteiger partial charge in [-0.3, -0.25) is 0 Å². The number of nitrogens with zero attached hydrogens (tertiary/aromatic N) is 2. The third kappa shape index (κ3) is 3.52. The van der Waals surface area contributed by atoms with Crippen LogP contribution in [0.2, 0.25) is 0 Å². The van der Waals surface area contributed by atoms with Gasteiger partial charge in [-0.25, -0.2) is 4.98 Å². The molecule has 2 aromatic heterocycles. The Labute approximate surface area is 129 Å². The zero-order valence-electron chi connectivity index (χ0n) is 12.8. The minimum Gasteiger partial charge on any atom is -0.341 e. The van der Waals surface area contributed by atoms with Crippen molar-refractivity contribution in [1.82, 2.24) is 14.9 Å². The van der Waals surface area contributed by atoms with E-state index < -0.39 is 0 Å². The van der Waals surface area contributed by atoms with Gasteiger partial charge in [-0.2, -0.15) is 0 Å². The first kappa shape index (κ1) is 14.3. The maximum Gasteiger partial charge on any atom is 0.0795 e. The smallest absolute Gasteiger partial charge is 0.0795 e. The molecule has 0 atom stereocenters. The summed E-state index contributed by atoms with van der Waals surface area (Å²) in [6.07, 6.45) is 2.14. The molecule has 4 heteroatoms. The van der Waals surface area contributed by atoms with Gasteiger partial charge in [-0.15, -0.1) is 11.3 Å². The Kier molecular flexibility index (Phi) is 3.83. The molecule has 0 amide bonds. The molecule has 0 aliphatic heterocycles. The van der Waals surface area contributed by atoms with Crippen molar-refractivity contribution >= 4 is 22.2 Å². The number of nitrogens with one attached hydrogen (secondary N) is 1. The van der Waals surface area contributed by atoms with E-state index in [0.717, 1.165) is 18.8 Å².